The van der Waals surface area contributed by atoms with E-state index in [4.69, 9.17) is 23.7 Å². The van der Waals surface area contributed by atoms with Crippen LogP contribution in [0.15, 0.2) is 29.7 Å². The van der Waals surface area contributed by atoms with Crippen molar-refractivity contribution in [2.24, 2.45) is 0 Å². The lowest BCUT2D eigenvalue weighted by Crippen LogP contribution is -2.51. The predicted octanol–water partition coefficient (Wildman–Crippen LogP) is -0.878. The van der Waals surface area contributed by atoms with Crippen LogP contribution in [0, 0.1) is 0 Å². The van der Waals surface area contributed by atoms with Crippen molar-refractivity contribution in [1.29, 1.82) is 0 Å². The summed E-state index contributed by atoms with van der Waals surface area (Å²) in [6.45, 7) is 2.92. The third kappa shape index (κ3) is 4.65. The van der Waals surface area contributed by atoms with Crippen LogP contribution in [0.4, 0.5) is 0 Å². The molecule has 1 aliphatic heterocycles. The second-order valence-corrected chi connectivity index (χ2v) is 6.72. The first-order valence-corrected chi connectivity index (χ1v) is 9.32. The Balaban J connectivity index is 2.06. The smallest absolute Gasteiger partial charge is 0.351 e. The van der Waals surface area contributed by atoms with Crippen LogP contribution in [0.1, 0.15) is 27.0 Å². The molecule has 0 spiro atoms. The Morgan fingerprint density at radius 2 is 1.88 bits per heavy atom. The largest absolute Gasteiger partial charge is 0.460 e. The molecule has 172 valence electrons. The average molecular weight is 451 g/mol. The number of esters is 3. The molecule has 0 radical (unpaired) electrons. The fourth-order valence-corrected chi connectivity index (χ4v) is 3.19. The van der Waals surface area contributed by atoms with Gasteiger partial charge in [0.2, 0.25) is 11.9 Å². The summed E-state index contributed by atoms with van der Waals surface area (Å²) in [7, 11) is 1.22. The molecule has 14 nitrogen and oxygen atoms in total. The number of carbonyl (C=O) groups excluding carboxylic acids is 3. The van der Waals surface area contributed by atoms with Crippen LogP contribution in [-0.2, 0) is 38.1 Å². The summed E-state index contributed by atoms with van der Waals surface area (Å²) in [5.74, 6) is -3.82. The van der Waals surface area contributed by atoms with Crippen LogP contribution in [0.25, 0.3) is 5.82 Å². The zero-order valence-electron chi connectivity index (χ0n) is 17.7. The van der Waals surface area contributed by atoms with E-state index in [0.29, 0.717) is 0 Å². The molecule has 4 atom stereocenters. The molecule has 4 unspecified atom stereocenters. The molecule has 0 bridgehead atoms. The van der Waals surface area contributed by atoms with Crippen molar-refractivity contribution >= 4 is 17.9 Å². The van der Waals surface area contributed by atoms with Crippen LogP contribution in [0.2, 0.25) is 0 Å². The average Bonchev–Trinajstić information content (AvgIpc) is 3.35. The highest BCUT2D eigenvalue weighted by atomic mass is 16.8. The summed E-state index contributed by atoms with van der Waals surface area (Å²) >= 11 is 0. The molecule has 0 aliphatic carbocycles. The van der Waals surface area contributed by atoms with Crippen molar-refractivity contribution in [2.75, 3.05) is 13.7 Å². The Morgan fingerprint density at radius 1 is 1.16 bits per heavy atom. The van der Waals surface area contributed by atoms with E-state index in [-0.39, 0.29) is 5.82 Å². The van der Waals surface area contributed by atoms with Gasteiger partial charge in [-0.2, -0.15) is 10.1 Å². The zero-order chi connectivity index (χ0) is 23.5. The van der Waals surface area contributed by atoms with Crippen molar-refractivity contribution < 1.29 is 38.1 Å². The second-order valence-electron chi connectivity index (χ2n) is 6.72. The maximum absolute atomic E-state index is 12.8. The molecule has 2 aromatic heterocycles. The van der Waals surface area contributed by atoms with Gasteiger partial charge in [-0.05, 0) is 6.07 Å². The third-order valence-corrected chi connectivity index (χ3v) is 4.49. The maximum atomic E-state index is 12.8. The molecule has 0 saturated carbocycles. The minimum absolute atomic E-state index is 0.181. The number of nitrogens with zero attached hydrogens (tertiary/aromatic N) is 5. The summed E-state index contributed by atoms with van der Waals surface area (Å²) in [5.41, 5.74) is -0.791. The number of hydrogen-bond donors (Lipinski definition) is 0. The van der Waals surface area contributed by atoms with Gasteiger partial charge in [0.15, 0.2) is 18.1 Å². The lowest BCUT2D eigenvalue weighted by Gasteiger charge is -2.31. The van der Waals surface area contributed by atoms with Gasteiger partial charge in [0.25, 0.3) is 0 Å². The predicted molar refractivity (Wildman–Crippen MR) is 101 cm³/mol. The normalized spacial score (nSPS) is 24.7. The Morgan fingerprint density at radius 3 is 2.41 bits per heavy atom. The van der Waals surface area contributed by atoms with E-state index in [1.807, 2.05) is 0 Å². The fourth-order valence-electron chi connectivity index (χ4n) is 3.19. The highest BCUT2D eigenvalue weighted by Crippen LogP contribution is 2.41. The number of carbonyl (C=O) groups is 3. The molecule has 3 heterocycles. The highest BCUT2D eigenvalue weighted by molar-refractivity contribution is 5.68. The number of ether oxygens (including phenoxy) is 5. The minimum Gasteiger partial charge on any atom is -0.460 e. The third-order valence-electron chi connectivity index (χ3n) is 4.49. The van der Waals surface area contributed by atoms with Crippen molar-refractivity contribution in [3.8, 4) is 5.82 Å². The first kappa shape index (κ1) is 23.0. The Kier molecular flexibility index (Phi) is 6.64. The molecule has 1 fully saturated rings. The lowest BCUT2D eigenvalue weighted by molar-refractivity contribution is -0.275. The van der Waals surface area contributed by atoms with Gasteiger partial charge < -0.3 is 23.7 Å². The quantitative estimate of drug-likeness (QED) is 0.378. The second kappa shape index (κ2) is 9.23. The summed E-state index contributed by atoms with van der Waals surface area (Å²) < 4.78 is 29.3. The number of aromatic nitrogens is 5. The van der Waals surface area contributed by atoms with E-state index in [9.17, 15) is 19.2 Å². The Hall–Kier alpha value is -3.65. The van der Waals surface area contributed by atoms with E-state index >= 15 is 0 Å². The first-order chi connectivity index (χ1) is 15.2. The number of methoxy groups -OCH3 is 1. The van der Waals surface area contributed by atoms with E-state index in [1.165, 1.54) is 36.7 Å². The number of rotatable bonds is 7. The van der Waals surface area contributed by atoms with Crippen LogP contribution in [0.3, 0.4) is 0 Å². The lowest BCUT2D eigenvalue weighted by atomic mass is 10.1. The Bertz CT molecular complexity index is 1050. The fraction of sp³-hybridized carbons (Fsp3) is 0.500. The molecule has 0 amide bonds. The zero-order valence-corrected chi connectivity index (χ0v) is 17.7. The van der Waals surface area contributed by atoms with Gasteiger partial charge in [0, 0.05) is 34.1 Å². The molecular weight excluding hydrogens is 430 g/mol. The van der Waals surface area contributed by atoms with Gasteiger partial charge in [-0.25, -0.2) is 14.5 Å². The molecule has 2 aromatic rings. The number of hydrogen-bond acceptors (Lipinski definition) is 12. The SMILES string of the molecule is COC1(COC(C)=O)OC(n2ccc(-n3cncn3)nc2=O)C(OC(C)=O)C1OC(C)=O. The molecule has 0 N–H and O–H groups in total. The van der Waals surface area contributed by atoms with Gasteiger partial charge in [-0.15, -0.1) is 0 Å². The van der Waals surface area contributed by atoms with Gasteiger partial charge in [0.05, 0.1) is 0 Å². The summed E-state index contributed by atoms with van der Waals surface area (Å²) in [4.78, 5) is 55.5. The molecule has 0 aromatic carbocycles. The molecule has 14 heteroatoms. The van der Waals surface area contributed by atoms with Gasteiger partial charge >= 0.3 is 23.6 Å². The van der Waals surface area contributed by atoms with E-state index < -0.39 is 54.4 Å². The van der Waals surface area contributed by atoms with Crippen molar-refractivity contribution in [2.45, 2.75) is 45.0 Å². The van der Waals surface area contributed by atoms with Gasteiger partial charge in [0.1, 0.15) is 19.3 Å². The van der Waals surface area contributed by atoms with Gasteiger partial charge in [-0.1, -0.05) is 0 Å². The highest BCUT2D eigenvalue weighted by Gasteiger charge is 2.61. The topological polar surface area (TPSA) is 163 Å². The van der Waals surface area contributed by atoms with Crippen LogP contribution in [0.5, 0.6) is 0 Å². The molecule has 3 rings (SSSR count). The molecule has 1 saturated heterocycles. The van der Waals surface area contributed by atoms with Crippen molar-refractivity contribution in [1.82, 2.24) is 24.3 Å². The molecular formula is C18H21N5O9. The van der Waals surface area contributed by atoms with E-state index in [1.54, 1.807) is 0 Å². The summed E-state index contributed by atoms with van der Waals surface area (Å²) in [6, 6.07) is 1.45. The van der Waals surface area contributed by atoms with E-state index in [0.717, 1.165) is 25.3 Å². The van der Waals surface area contributed by atoms with E-state index in [2.05, 4.69) is 15.1 Å². The van der Waals surface area contributed by atoms with Crippen LogP contribution in [-0.4, -0.2) is 73.9 Å². The van der Waals surface area contributed by atoms with Crippen LogP contribution < -0.4 is 5.69 Å². The van der Waals surface area contributed by atoms with Crippen LogP contribution >= 0.6 is 0 Å². The minimum atomic E-state index is -1.87. The monoisotopic (exact) mass is 451 g/mol. The summed E-state index contributed by atoms with van der Waals surface area (Å²) in [6.07, 6.45) is -0.0793. The van der Waals surface area contributed by atoms with Gasteiger partial charge in [-0.3, -0.25) is 19.0 Å². The summed E-state index contributed by atoms with van der Waals surface area (Å²) in [5, 5.41) is 3.90. The maximum Gasteiger partial charge on any atom is 0.351 e. The Labute approximate surface area is 181 Å². The molecule has 1 aliphatic rings. The van der Waals surface area contributed by atoms with Crippen molar-refractivity contribution in [3.63, 3.8) is 0 Å². The standard InChI is InChI=1S/C18H21N5O9/c1-10(24)29-7-18(28-4)15(31-12(3)26)14(30-11(2)25)16(32-18)22-6-5-13(21-17(22)27)23-9-19-8-20-23/h5-6,8-9,14-16H,7H2,1-4H3. The van der Waals surface area contributed by atoms with Crippen molar-refractivity contribution in [3.05, 3.63) is 35.4 Å². The molecule has 32 heavy (non-hydrogen) atoms. The first-order valence-electron chi connectivity index (χ1n) is 9.32.